The number of carbonyl (C=O) groups is 1. The molecule has 0 saturated heterocycles. The highest BCUT2D eigenvalue weighted by Crippen LogP contribution is 2.15. The Bertz CT molecular complexity index is 427. The molecule has 0 aliphatic carbocycles. The van der Waals surface area contributed by atoms with Gasteiger partial charge in [-0.15, -0.1) is 0 Å². The van der Waals surface area contributed by atoms with E-state index in [0.717, 1.165) is 12.0 Å². The summed E-state index contributed by atoms with van der Waals surface area (Å²) in [6.45, 7) is 0.939. The maximum absolute atomic E-state index is 11.7. The van der Waals surface area contributed by atoms with E-state index in [1.54, 1.807) is 0 Å². The van der Waals surface area contributed by atoms with Gasteiger partial charge < -0.3 is 14.2 Å². The van der Waals surface area contributed by atoms with Crippen LogP contribution in [-0.2, 0) is 25.6 Å². The highest BCUT2D eigenvalue weighted by atomic mass is 16.6. The van der Waals surface area contributed by atoms with Crippen molar-refractivity contribution >= 4 is 5.97 Å². The van der Waals surface area contributed by atoms with E-state index in [4.69, 9.17) is 14.2 Å². The van der Waals surface area contributed by atoms with E-state index in [9.17, 15) is 4.79 Å². The molecule has 4 heteroatoms. The van der Waals surface area contributed by atoms with Crippen LogP contribution in [0.5, 0.6) is 0 Å². The first-order chi connectivity index (χ1) is 9.31. The molecule has 0 bridgehead atoms. The number of carbonyl (C=O) groups excluding carboxylic acids is 1. The zero-order chi connectivity index (χ0) is 13.5. The Kier molecular flexibility index (Phi) is 5.12. The summed E-state index contributed by atoms with van der Waals surface area (Å²) < 4.78 is 16.0. The Morgan fingerprint density at radius 3 is 2.89 bits per heavy atom. The van der Waals surface area contributed by atoms with Gasteiger partial charge >= 0.3 is 5.97 Å². The average Bonchev–Trinajstić information content (AvgIpc) is 2.70. The van der Waals surface area contributed by atoms with Crippen molar-refractivity contribution in [3.05, 3.63) is 48.0 Å². The number of rotatable bonds is 4. The number of esters is 1. The number of ether oxygens (including phenoxy) is 3. The summed E-state index contributed by atoms with van der Waals surface area (Å²) in [5.74, 6) is -0.399. The van der Waals surface area contributed by atoms with Gasteiger partial charge in [0.25, 0.3) is 0 Å². The molecule has 1 aliphatic heterocycles. The molecule has 0 N–H and O–H groups in total. The summed E-state index contributed by atoms with van der Waals surface area (Å²) in [7, 11) is 1.36. The zero-order valence-electron chi connectivity index (χ0n) is 11.0. The summed E-state index contributed by atoms with van der Waals surface area (Å²) in [4.78, 5) is 11.7. The average molecular weight is 262 g/mol. The van der Waals surface area contributed by atoms with Crippen LogP contribution >= 0.6 is 0 Å². The second kappa shape index (κ2) is 7.07. The molecule has 1 aromatic rings. The third kappa shape index (κ3) is 3.91. The fraction of sp³-hybridized carbons (Fsp3) is 0.400. The van der Waals surface area contributed by atoms with Crippen molar-refractivity contribution in [2.45, 2.75) is 25.2 Å². The standard InChI is InChI=1S/C15H18O4/c1-17-15(16)14-13(9-5-6-10-18-14)19-11-12-7-3-2-4-8-12/h2-5,7-9,13-14H,6,10-11H2,1H3/t13-,14+/m1/s1. The maximum Gasteiger partial charge on any atom is 0.338 e. The Balaban J connectivity index is 2.00. The van der Waals surface area contributed by atoms with E-state index in [1.165, 1.54) is 7.11 Å². The lowest BCUT2D eigenvalue weighted by Gasteiger charge is -2.21. The topological polar surface area (TPSA) is 44.8 Å². The molecular formula is C15H18O4. The third-order valence-corrected chi connectivity index (χ3v) is 2.92. The lowest BCUT2D eigenvalue weighted by Crippen LogP contribution is -2.37. The third-order valence-electron chi connectivity index (χ3n) is 2.92. The van der Waals surface area contributed by atoms with Crippen molar-refractivity contribution in [3.8, 4) is 0 Å². The van der Waals surface area contributed by atoms with E-state index in [2.05, 4.69) is 0 Å². The van der Waals surface area contributed by atoms with Gasteiger partial charge in [0.05, 0.1) is 20.3 Å². The normalized spacial score (nSPS) is 22.8. The predicted octanol–water partition coefficient (Wildman–Crippen LogP) is 2.09. The Labute approximate surface area is 113 Å². The molecular weight excluding hydrogens is 244 g/mol. The van der Waals surface area contributed by atoms with Crippen molar-refractivity contribution in [2.24, 2.45) is 0 Å². The molecule has 4 nitrogen and oxygen atoms in total. The molecule has 0 spiro atoms. The molecule has 1 aromatic carbocycles. The molecule has 1 aliphatic rings. The summed E-state index contributed by atoms with van der Waals surface area (Å²) >= 11 is 0. The van der Waals surface area contributed by atoms with Crippen LogP contribution < -0.4 is 0 Å². The minimum absolute atomic E-state index is 0.399. The smallest absolute Gasteiger partial charge is 0.338 e. The molecule has 0 unspecified atom stereocenters. The van der Waals surface area contributed by atoms with Crippen LogP contribution in [0.4, 0.5) is 0 Å². The van der Waals surface area contributed by atoms with Crippen LogP contribution in [0.15, 0.2) is 42.5 Å². The van der Waals surface area contributed by atoms with Gasteiger partial charge in [0.2, 0.25) is 0 Å². The van der Waals surface area contributed by atoms with Crippen LogP contribution in [-0.4, -0.2) is 31.9 Å². The van der Waals surface area contributed by atoms with Gasteiger partial charge in [0, 0.05) is 0 Å². The van der Waals surface area contributed by atoms with Crippen LogP contribution in [0.2, 0.25) is 0 Å². The van der Waals surface area contributed by atoms with E-state index in [1.807, 2.05) is 42.5 Å². The monoisotopic (exact) mass is 262 g/mol. The molecule has 2 atom stereocenters. The van der Waals surface area contributed by atoms with E-state index in [0.29, 0.717) is 13.2 Å². The maximum atomic E-state index is 11.7. The summed E-state index contributed by atoms with van der Waals surface area (Å²) in [5.41, 5.74) is 1.06. The Hall–Kier alpha value is -1.65. The molecule has 0 saturated carbocycles. The fourth-order valence-corrected chi connectivity index (χ4v) is 1.92. The lowest BCUT2D eigenvalue weighted by atomic mass is 10.2. The van der Waals surface area contributed by atoms with Crippen LogP contribution in [0.3, 0.4) is 0 Å². The minimum Gasteiger partial charge on any atom is -0.467 e. The SMILES string of the molecule is COC(=O)[C@H]1OCCC=C[C@H]1OCc1ccccc1. The van der Waals surface area contributed by atoms with Gasteiger partial charge in [-0.3, -0.25) is 0 Å². The molecule has 1 heterocycles. The molecule has 0 fully saturated rings. The van der Waals surface area contributed by atoms with Crippen molar-refractivity contribution in [3.63, 3.8) is 0 Å². The second-order valence-corrected chi connectivity index (χ2v) is 4.29. The number of hydrogen-bond acceptors (Lipinski definition) is 4. The van der Waals surface area contributed by atoms with E-state index < -0.39 is 18.2 Å². The van der Waals surface area contributed by atoms with Crippen molar-refractivity contribution in [1.82, 2.24) is 0 Å². The number of hydrogen-bond donors (Lipinski definition) is 0. The van der Waals surface area contributed by atoms with Gasteiger partial charge in [0.1, 0.15) is 6.10 Å². The molecule has 0 radical (unpaired) electrons. The molecule has 102 valence electrons. The lowest BCUT2D eigenvalue weighted by molar-refractivity contribution is -0.162. The van der Waals surface area contributed by atoms with E-state index in [-0.39, 0.29) is 0 Å². The Morgan fingerprint density at radius 1 is 1.37 bits per heavy atom. The van der Waals surface area contributed by atoms with Crippen molar-refractivity contribution in [2.75, 3.05) is 13.7 Å². The first-order valence-corrected chi connectivity index (χ1v) is 6.33. The van der Waals surface area contributed by atoms with Crippen LogP contribution in [0, 0.1) is 0 Å². The number of benzene rings is 1. The van der Waals surface area contributed by atoms with Crippen LogP contribution in [0.1, 0.15) is 12.0 Å². The molecule has 19 heavy (non-hydrogen) atoms. The molecule has 0 aromatic heterocycles. The second-order valence-electron chi connectivity index (χ2n) is 4.29. The van der Waals surface area contributed by atoms with Crippen molar-refractivity contribution < 1.29 is 19.0 Å². The first-order valence-electron chi connectivity index (χ1n) is 6.33. The first kappa shape index (κ1) is 13.8. The zero-order valence-corrected chi connectivity index (χ0v) is 11.0. The largest absolute Gasteiger partial charge is 0.467 e. The van der Waals surface area contributed by atoms with Gasteiger partial charge in [-0.25, -0.2) is 4.79 Å². The molecule has 2 rings (SSSR count). The van der Waals surface area contributed by atoms with Gasteiger partial charge in [-0.2, -0.15) is 0 Å². The summed E-state index contributed by atoms with van der Waals surface area (Å²) in [6, 6.07) is 9.82. The quantitative estimate of drug-likeness (QED) is 0.615. The number of methoxy groups -OCH3 is 1. The van der Waals surface area contributed by atoms with Crippen LogP contribution in [0.25, 0.3) is 0 Å². The van der Waals surface area contributed by atoms with Gasteiger partial charge in [-0.05, 0) is 12.0 Å². The summed E-state index contributed by atoms with van der Waals surface area (Å²) in [6.07, 6.45) is 3.53. The van der Waals surface area contributed by atoms with Crippen molar-refractivity contribution in [1.29, 1.82) is 0 Å². The fourth-order valence-electron chi connectivity index (χ4n) is 1.92. The van der Waals surface area contributed by atoms with Gasteiger partial charge in [0.15, 0.2) is 6.10 Å². The minimum atomic E-state index is -0.688. The Morgan fingerprint density at radius 2 is 2.16 bits per heavy atom. The predicted molar refractivity (Wildman–Crippen MR) is 70.5 cm³/mol. The van der Waals surface area contributed by atoms with Gasteiger partial charge in [-0.1, -0.05) is 42.5 Å². The molecule has 0 amide bonds. The summed E-state index contributed by atoms with van der Waals surface area (Å²) in [5, 5.41) is 0. The highest BCUT2D eigenvalue weighted by molar-refractivity contribution is 5.75. The van der Waals surface area contributed by atoms with E-state index >= 15 is 0 Å². The highest BCUT2D eigenvalue weighted by Gasteiger charge is 2.30.